The van der Waals surface area contributed by atoms with Crippen molar-refractivity contribution in [2.24, 2.45) is 10.3 Å². The fourth-order valence-corrected chi connectivity index (χ4v) is 3.58. The Morgan fingerprint density at radius 2 is 1.48 bits per heavy atom. The molecule has 0 radical (unpaired) electrons. The summed E-state index contributed by atoms with van der Waals surface area (Å²) >= 11 is 0. The number of nitrogens with one attached hydrogen (secondary N) is 1. The van der Waals surface area contributed by atoms with E-state index < -0.39 is 30.9 Å². The summed E-state index contributed by atoms with van der Waals surface area (Å²) in [6.07, 6.45) is 0. The zero-order valence-corrected chi connectivity index (χ0v) is 18.7. The molecule has 3 aliphatic heterocycles. The lowest BCUT2D eigenvalue weighted by Crippen LogP contribution is -2.59. The summed E-state index contributed by atoms with van der Waals surface area (Å²) in [5.41, 5.74) is -0.524. The molecule has 6 N–H and O–H groups in total. The van der Waals surface area contributed by atoms with Gasteiger partial charge in [-0.15, -0.1) is 12.4 Å². The Morgan fingerprint density at radius 1 is 1.11 bits per heavy atom. The molecule has 0 amide bonds. The number of nitrogens with zero attached hydrogens (tertiary/aromatic N) is 1. The van der Waals surface area contributed by atoms with Gasteiger partial charge in [0.25, 0.3) is 0 Å². The summed E-state index contributed by atoms with van der Waals surface area (Å²) in [4.78, 5) is 1.87. The molecule has 3 saturated heterocycles. The standard InChI is InChI=1S/C7H16N2O3S.C4H8O.C3H8N2O2S.ClH/c1-7(2,10)5-9-3-6(4-9)13(8,11)12;1-4(2)3-5-4;4-8(6,7)3-1-5-2-3;/h6,10H,3-5H2,1-2H3,(H2,8,11,12);3H2,1-2H3;3,5H,1-2H2,(H2,4,6,7);1H. The highest BCUT2D eigenvalue weighted by molar-refractivity contribution is 7.90. The van der Waals surface area contributed by atoms with E-state index in [0.29, 0.717) is 32.7 Å². The molecule has 3 heterocycles. The first-order valence-electron chi connectivity index (χ1n) is 8.32. The third-order valence-electron chi connectivity index (χ3n) is 3.93. The predicted octanol–water partition coefficient (Wildman–Crippen LogP) is -1.81. The largest absolute Gasteiger partial charge is 0.389 e. The smallest absolute Gasteiger partial charge is 0.214 e. The van der Waals surface area contributed by atoms with Gasteiger partial charge in [-0.3, -0.25) is 4.90 Å². The molecule has 3 fully saturated rings. The Labute approximate surface area is 168 Å². The van der Waals surface area contributed by atoms with Gasteiger partial charge in [0, 0.05) is 32.7 Å². The van der Waals surface area contributed by atoms with Crippen LogP contribution in [0.5, 0.6) is 0 Å². The van der Waals surface area contributed by atoms with Crippen LogP contribution < -0.4 is 15.6 Å². The monoisotopic (exact) mass is 452 g/mol. The highest BCUT2D eigenvalue weighted by atomic mass is 35.5. The Hall–Kier alpha value is -0.0500. The van der Waals surface area contributed by atoms with E-state index in [9.17, 15) is 21.9 Å². The van der Waals surface area contributed by atoms with E-state index in [4.69, 9.17) is 15.0 Å². The van der Waals surface area contributed by atoms with Crippen LogP contribution in [0.15, 0.2) is 0 Å². The molecule has 0 aromatic carbocycles. The highest BCUT2D eigenvalue weighted by Gasteiger charge is 2.37. The summed E-state index contributed by atoms with van der Waals surface area (Å²) in [6.45, 7) is 10.9. The average molecular weight is 453 g/mol. The van der Waals surface area contributed by atoms with Crippen LogP contribution in [0.2, 0.25) is 0 Å². The van der Waals surface area contributed by atoms with Crippen LogP contribution in [0.1, 0.15) is 27.7 Å². The van der Waals surface area contributed by atoms with Crippen LogP contribution in [-0.2, 0) is 24.8 Å². The molecular formula is C14H33ClN4O6S2. The van der Waals surface area contributed by atoms with Crippen molar-refractivity contribution in [1.82, 2.24) is 10.2 Å². The van der Waals surface area contributed by atoms with Crippen molar-refractivity contribution in [2.45, 2.75) is 49.4 Å². The molecule has 0 aromatic heterocycles. The quantitative estimate of drug-likeness (QED) is 0.362. The minimum absolute atomic E-state index is 0. The van der Waals surface area contributed by atoms with Crippen molar-refractivity contribution in [3.8, 4) is 0 Å². The van der Waals surface area contributed by atoms with Crippen molar-refractivity contribution in [3.05, 3.63) is 0 Å². The second-order valence-electron chi connectivity index (χ2n) is 8.14. The van der Waals surface area contributed by atoms with Gasteiger partial charge in [-0.05, 0) is 27.7 Å². The molecule has 0 spiro atoms. The molecule has 3 rings (SSSR count). The molecule has 10 nitrogen and oxygen atoms in total. The van der Waals surface area contributed by atoms with Gasteiger partial charge in [0.15, 0.2) is 0 Å². The van der Waals surface area contributed by atoms with Gasteiger partial charge in [0.2, 0.25) is 20.0 Å². The molecule has 3 aliphatic rings. The highest BCUT2D eigenvalue weighted by Crippen LogP contribution is 2.23. The van der Waals surface area contributed by atoms with Gasteiger partial charge < -0.3 is 15.2 Å². The number of β-amino-alcohol motifs (C(OH)–C–C–N with tert-alkyl or cyclic N) is 1. The summed E-state index contributed by atoms with van der Waals surface area (Å²) in [7, 11) is -6.61. The van der Waals surface area contributed by atoms with E-state index in [2.05, 4.69) is 19.2 Å². The van der Waals surface area contributed by atoms with Crippen LogP contribution >= 0.6 is 12.4 Å². The first kappa shape index (κ1) is 27.0. The number of aliphatic hydroxyl groups is 1. The van der Waals surface area contributed by atoms with Crippen molar-refractivity contribution in [3.63, 3.8) is 0 Å². The van der Waals surface area contributed by atoms with Gasteiger partial charge in [0.05, 0.1) is 23.1 Å². The number of hydrogen-bond acceptors (Lipinski definition) is 8. The molecule has 164 valence electrons. The second kappa shape index (κ2) is 9.63. The Morgan fingerprint density at radius 3 is 1.63 bits per heavy atom. The Bertz CT molecular complexity index is 662. The molecule has 0 aromatic rings. The fraction of sp³-hybridized carbons (Fsp3) is 1.00. The maximum absolute atomic E-state index is 10.8. The Kier molecular flexibility index (Phi) is 9.62. The second-order valence-corrected chi connectivity index (χ2v) is 11.8. The molecule has 27 heavy (non-hydrogen) atoms. The van der Waals surface area contributed by atoms with E-state index in [-0.39, 0.29) is 23.3 Å². The summed E-state index contributed by atoms with van der Waals surface area (Å²) < 4.78 is 47.2. The minimum Gasteiger partial charge on any atom is -0.389 e. The van der Waals surface area contributed by atoms with Crippen LogP contribution in [-0.4, -0.2) is 87.9 Å². The normalized spacial score (nSPS) is 22.6. The lowest BCUT2D eigenvalue weighted by atomic mass is 10.1. The lowest BCUT2D eigenvalue weighted by Gasteiger charge is -2.40. The minimum atomic E-state index is -3.38. The predicted molar refractivity (Wildman–Crippen MR) is 107 cm³/mol. The van der Waals surface area contributed by atoms with Crippen LogP contribution in [0, 0.1) is 0 Å². The number of rotatable bonds is 4. The van der Waals surface area contributed by atoms with Gasteiger partial charge in [-0.25, -0.2) is 27.1 Å². The number of likely N-dealkylation sites (tertiary alicyclic amines) is 1. The maximum Gasteiger partial charge on any atom is 0.214 e. The third kappa shape index (κ3) is 11.5. The van der Waals surface area contributed by atoms with Crippen LogP contribution in [0.4, 0.5) is 0 Å². The van der Waals surface area contributed by atoms with E-state index >= 15 is 0 Å². The molecule has 0 unspecified atom stereocenters. The SMILES string of the molecule is CC(C)(O)CN1CC(S(N)(=O)=O)C1.CC1(C)CO1.Cl.NS(=O)(=O)C1CNC1. The summed E-state index contributed by atoms with van der Waals surface area (Å²) in [6, 6.07) is 0. The lowest BCUT2D eigenvalue weighted by molar-refractivity contribution is 0.0168. The zero-order valence-electron chi connectivity index (χ0n) is 16.2. The maximum atomic E-state index is 10.8. The first-order chi connectivity index (χ1) is 11.5. The van der Waals surface area contributed by atoms with Crippen molar-refractivity contribution < 1.29 is 26.7 Å². The molecule has 0 bridgehead atoms. The average Bonchev–Trinajstić information content (AvgIpc) is 2.92. The topological polar surface area (TPSA) is 168 Å². The molecular weight excluding hydrogens is 420 g/mol. The molecule has 0 atom stereocenters. The van der Waals surface area contributed by atoms with Crippen molar-refractivity contribution in [1.29, 1.82) is 0 Å². The van der Waals surface area contributed by atoms with E-state index in [1.807, 2.05) is 4.90 Å². The van der Waals surface area contributed by atoms with E-state index in [0.717, 1.165) is 6.61 Å². The van der Waals surface area contributed by atoms with Crippen molar-refractivity contribution in [2.75, 3.05) is 39.3 Å². The number of epoxide rings is 1. The molecule has 0 saturated carbocycles. The third-order valence-corrected chi connectivity index (χ3v) is 6.42. The number of ether oxygens (including phenoxy) is 1. The van der Waals surface area contributed by atoms with E-state index in [1.165, 1.54) is 0 Å². The Balaban J connectivity index is 0.000000410. The number of sulfonamides is 2. The first-order valence-corrected chi connectivity index (χ1v) is 11.5. The number of primary sulfonamides is 2. The van der Waals surface area contributed by atoms with Gasteiger partial charge in [-0.2, -0.15) is 0 Å². The van der Waals surface area contributed by atoms with E-state index in [1.54, 1.807) is 13.8 Å². The van der Waals surface area contributed by atoms with Crippen molar-refractivity contribution >= 4 is 32.5 Å². The zero-order chi connectivity index (χ0) is 20.4. The van der Waals surface area contributed by atoms with Crippen LogP contribution in [0.3, 0.4) is 0 Å². The number of nitrogens with two attached hydrogens (primary N) is 2. The molecule has 13 heteroatoms. The molecule has 0 aliphatic carbocycles. The number of hydrogen-bond donors (Lipinski definition) is 4. The van der Waals surface area contributed by atoms with Gasteiger partial charge in [-0.1, -0.05) is 0 Å². The fourth-order valence-electron chi connectivity index (χ4n) is 2.05. The summed E-state index contributed by atoms with van der Waals surface area (Å²) in [5.74, 6) is 0. The van der Waals surface area contributed by atoms with Gasteiger partial charge in [0.1, 0.15) is 5.25 Å². The van der Waals surface area contributed by atoms with Gasteiger partial charge >= 0.3 is 0 Å². The van der Waals surface area contributed by atoms with Crippen LogP contribution in [0.25, 0.3) is 0 Å². The summed E-state index contributed by atoms with van der Waals surface area (Å²) in [5, 5.41) is 21.2. The number of halogens is 1.